The Bertz CT molecular complexity index is 1270. The van der Waals surface area contributed by atoms with Gasteiger partial charge in [0.25, 0.3) is 0 Å². The van der Waals surface area contributed by atoms with Crippen LogP contribution in [-0.2, 0) is 19.1 Å². The molecule has 1 atom stereocenters. The first-order chi connectivity index (χ1) is 16.1. The number of aryl methyl sites for hydroxylation is 1. The first-order valence-electron chi connectivity index (χ1n) is 10.8. The molecule has 0 bridgehead atoms. The van der Waals surface area contributed by atoms with E-state index in [0.29, 0.717) is 34.2 Å². The molecule has 180 valence electrons. The Hall–Kier alpha value is -3.11. The molecule has 3 heterocycles. The van der Waals surface area contributed by atoms with Crippen molar-refractivity contribution in [3.05, 3.63) is 64.7 Å². The minimum atomic E-state index is -4.50. The number of nitrogens with zero attached hydrogens (tertiary/aromatic N) is 5. The van der Waals surface area contributed by atoms with E-state index in [9.17, 15) is 18.3 Å². The summed E-state index contributed by atoms with van der Waals surface area (Å²) < 4.78 is 42.4. The standard InChI is InChI=1S/C23H24ClF3N6O/c1-4-32-12-20(23(25,26)27)29-22(32)15-7-5-14(6-8-15)9-19(34)17-10-18(31-30-17)21-16(24)11-28-33(21)13(2)3/h5-8,10-13,19,34H,4,9H2,1-3H3,(H,30,31). The number of aromatic nitrogens is 6. The van der Waals surface area contributed by atoms with E-state index in [4.69, 9.17) is 11.6 Å². The van der Waals surface area contributed by atoms with Crippen molar-refractivity contribution < 1.29 is 18.3 Å². The van der Waals surface area contributed by atoms with Crippen molar-refractivity contribution in [2.45, 2.75) is 52.1 Å². The zero-order valence-electron chi connectivity index (χ0n) is 18.8. The summed E-state index contributed by atoms with van der Waals surface area (Å²) in [5, 5.41) is 22.6. The van der Waals surface area contributed by atoms with E-state index >= 15 is 0 Å². The molecule has 4 aromatic rings. The van der Waals surface area contributed by atoms with Gasteiger partial charge in [-0.05, 0) is 32.4 Å². The summed E-state index contributed by atoms with van der Waals surface area (Å²) in [5.41, 5.74) is 2.22. The number of aliphatic hydroxyl groups is 1. The summed E-state index contributed by atoms with van der Waals surface area (Å²) in [7, 11) is 0. The Morgan fingerprint density at radius 3 is 2.50 bits per heavy atom. The predicted octanol–water partition coefficient (Wildman–Crippen LogP) is 5.69. The van der Waals surface area contributed by atoms with E-state index < -0.39 is 18.0 Å². The Balaban J connectivity index is 1.51. The van der Waals surface area contributed by atoms with Crippen molar-refractivity contribution in [2.24, 2.45) is 0 Å². The van der Waals surface area contributed by atoms with Crippen LogP contribution in [0.3, 0.4) is 0 Å². The van der Waals surface area contributed by atoms with E-state index in [0.717, 1.165) is 11.8 Å². The SMILES string of the molecule is CCn1cc(C(F)(F)F)nc1-c1ccc(CC(O)c2cc(-c3c(Cl)cnn3C(C)C)n[nH]2)cc1. The molecule has 1 unspecified atom stereocenters. The van der Waals surface area contributed by atoms with Crippen LogP contribution >= 0.6 is 11.6 Å². The second-order valence-electron chi connectivity index (χ2n) is 8.24. The maximum atomic E-state index is 13.1. The number of H-pyrrole nitrogens is 1. The topological polar surface area (TPSA) is 84.5 Å². The van der Waals surface area contributed by atoms with Gasteiger partial charge >= 0.3 is 6.18 Å². The fourth-order valence-electron chi connectivity index (χ4n) is 3.75. The number of halogens is 4. The van der Waals surface area contributed by atoms with Gasteiger partial charge < -0.3 is 9.67 Å². The lowest BCUT2D eigenvalue weighted by Gasteiger charge is -2.10. The van der Waals surface area contributed by atoms with Crippen LogP contribution in [-0.4, -0.2) is 34.6 Å². The first kappa shape index (κ1) is 24.0. The lowest BCUT2D eigenvalue weighted by Crippen LogP contribution is -2.05. The lowest BCUT2D eigenvalue weighted by atomic mass is 10.0. The molecule has 2 N–H and O–H groups in total. The third-order valence-corrected chi connectivity index (χ3v) is 5.76. The molecule has 0 spiro atoms. The Morgan fingerprint density at radius 1 is 1.18 bits per heavy atom. The molecule has 0 fully saturated rings. The lowest BCUT2D eigenvalue weighted by molar-refractivity contribution is -0.140. The molecule has 0 aliphatic heterocycles. The molecule has 1 aromatic carbocycles. The van der Waals surface area contributed by atoms with Gasteiger partial charge in [-0.1, -0.05) is 35.9 Å². The molecule has 34 heavy (non-hydrogen) atoms. The molecule has 0 saturated heterocycles. The number of aromatic amines is 1. The molecule has 0 aliphatic carbocycles. The number of alkyl halides is 3. The Kier molecular flexibility index (Phi) is 6.55. The molecule has 3 aromatic heterocycles. The minimum Gasteiger partial charge on any atom is -0.386 e. The van der Waals surface area contributed by atoms with Crippen molar-refractivity contribution in [1.82, 2.24) is 29.5 Å². The normalized spacial score (nSPS) is 13.1. The molecule has 0 amide bonds. The number of aliphatic hydroxyl groups excluding tert-OH is 1. The third-order valence-electron chi connectivity index (χ3n) is 5.49. The van der Waals surface area contributed by atoms with E-state index in [-0.39, 0.29) is 18.3 Å². The van der Waals surface area contributed by atoms with Crippen LogP contribution in [0.2, 0.25) is 5.02 Å². The van der Waals surface area contributed by atoms with Crippen molar-refractivity contribution in [3.63, 3.8) is 0 Å². The van der Waals surface area contributed by atoms with Crippen LogP contribution in [0.1, 0.15) is 49.9 Å². The summed E-state index contributed by atoms with van der Waals surface area (Å²) in [6.45, 7) is 6.09. The molecule has 4 rings (SSSR count). The van der Waals surface area contributed by atoms with Crippen LogP contribution in [0, 0.1) is 0 Å². The van der Waals surface area contributed by atoms with Crippen molar-refractivity contribution in [1.29, 1.82) is 0 Å². The number of nitrogens with one attached hydrogen (secondary N) is 1. The van der Waals surface area contributed by atoms with E-state index in [1.54, 1.807) is 48.1 Å². The number of rotatable bonds is 7. The molecule has 0 radical (unpaired) electrons. The molecular weight excluding hydrogens is 469 g/mol. The third kappa shape index (κ3) is 4.74. The van der Waals surface area contributed by atoms with Crippen molar-refractivity contribution in [3.8, 4) is 22.8 Å². The van der Waals surface area contributed by atoms with Crippen LogP contribution in [0.4, 0.5) is 13.2 Å². The first-order valence-corrected chi connectivity index (χ1v) is 11.2. The molecule has 7 nitrogen and oxygen atoms in total. The van der Waals surface area contributed by atoms with Crippen molar-refractivity contribution in [2.75, 3.05) is 0 Å². The zero-order valence-corrected chi connectivity index (χ0v) is 19.6. The highest BCUT2D eigenvalue weighted by atomic mass is 35.5. The summed E-state index contributed by atoms with van der Waals surface area (Å²) in [6.07, 6.45) is -2.50. The molecule has 0 aliphatic rings. The number of benzene rings is 1. The minimum absolute atomic E-state index is 0.0848. The number of hydrogen-bond acceptors (Lipinski definition) is 4. The summed E-state index contributed by atoms with van der Waals surface area (Å²) in [5.74, 6) is 0.249. The second kappa shape index (κ2) is 9.27. The van der Waals surface area contributed by atoms with Gasteiger partial charge in [0.2, 0.25) is 0 Å². The van der Waals surface area contributed by atoms with Crippen LogP contribution in [0.25, 0.3) is 22.8 Å². The fourth-order valence-corrected chi connectivity index (χ4v) is 3.98. The van der Waals surface area contributed by atoms with Gasteiger partial charge in [-0.15, -0.1) is 0 Å². The van der Waals surface area contributed by atoms with Gasteiger partial charge in [-0.3, -0.25) is 9.78 Å². The fraction of sp³-hybridized carbons (Fsp3) is 0.348. The van der Waals surface area contributed by atoms with Crippen LogP contribution < -0.4 is 0 Å². The van der Waals surface area contributed by atoms with Gasteiger partial charge in [0, 0.05) is 30.8 Å². The quantitative estimate of drug-likeness (QED) is 0.347. The predicted molar refractivity (Wildman–Crippen MR) is 122 cm³/mol. The molecular formula is C23H24ClF3N6O. The zero-order chi connectivity index (χ0) is 24.6. The van der Waals surface area contributed by atoms with Gasteiger partial charge in [0.05, 0.1) is 23.0 Å². The Morgan fingerprint density at radius 2 is 1.88 bits per heavy atom. The van der Waals surface area contributed by atoms with E-state index in [1.807, 2.05) is 13.8 Å². The largest absolute Gasteiger partial charge is 0.434 e. The average Bonchev–Trinajstić information content (AvgIpc) is 3.51. The highest BCUT2D eigenvalue weighted by Crippen LogP contribution is 2.32. The summed E-state index contributed by atoms with van der Waals surface area (Å²) in [6, 6.07) is 8.76. The van der Waals surface area contributed by atoms with Crippen LogP contribution in [0.15, 0.2) is 42.7 Å². The van der Waals surface area contributed by atoms with Crippen LogP contribution in [0.5, 0.6) is 0 Å². The van der Waals surface area contributed by atoms with E-state index in [1.165, 1.54) is 4.57 Å². The average molecular weight is 493 g/mol. The summed E-state index contributed by atoms with van der Waals surface area (Å²) >= 11 is 6.29. The van der Waals surface area contributed by atoms with Gasteiger partial charge in [-0.2, -0.15) is 23.4 Å². The molecule has 0 saturated carbocycles. The monoisotopic (exact) mass is 492 g/mol. The van der Waals surface area contributed by atoms with E-state index in [2.05, 4.69) is 20.3 Å². The summed E-state index contributed by atoms with van der Waals surface area (Å²) in [4.78, 5) is 3.77. The number of imidazole rings is 1. The maximum absolute atomic E-state index is 13.1. The molecule has 11 heteroatoms. The van der Waals surface area contributed by atoms with Gasteiger partial charge in [0.15, 0.2) is 5.69 Å². The van der Waals surface area contributed by atoms with Gasteiger partial charge in [0.1, 0.15) is 17.2 Å². The second-order valence-corrected chi connectivity index (χ2v) is 8.65. The van der Waals surface area contributed by atoms with Gasteiger partial charge in [-0.25, -0.2) is 4.98 Å². The Labute approximate surface area is 199 Å². The maximum Gasteiger partial charge on any atom is 0.434 e. The van der Waals surface area contributed by atoms with Crippen molar-refractivity contribution >= 4 is 11.6 Å². The highest BCUT2D eigenvalue weighted by Gasteiger charge is 2.34. The number of hydrogen-bond donors (Lipinski definition) is 2. The smallest absolute Gasteiger partial charge is 0.386 e. The highest BCUT2D eigenvalue weighted by molar-refractivity contribution is 6.32.